The van der Waals surface area contributed by atoms with Crippen LogP contribution in [0.2, 0.25) is 0 Å². The van der Waals surface area contributed by atoms with E-state index in [0.29, 0.717) is 22.8 Å². The van der Waals surface area contributed by atoms with Gasteiger partial charge in [0, 0.05) is 12.7 Å². The van der Waals surface area contributed by atoms with Crippen LogP contribution in [0.25, 0.3) is 11.3 Å². The van der Waals surface area contributed by atoms with Crippen LogP contribution < -0.4 is 15.2 Å². The van der Waals surface area contributed by atoms with Gasteiger partial charge in [-0.1, -0.05) is 0 Å². The predicted octanol–water partition coefficient (Wildman–Crippen LogP) is 2.99. The molecule has 0 radical (unpaired) electrons. The third-order valence-corrected chi connectivity index (χ3v) is 4.37. The van der Waals surface area contributed by atoms with Crippen molar-refractivity contribution < 1.29 is 37.3 Å². The maximum Gasteiger partial charge on any atom is 0.254 e. The van der Waals surface area contributed by atoms with E-state index in [-0.39, 0.29) is 12.5 Å². The number of benzene rings is 2. The van der Waals surface area contributed by atoms with Crippen LogP contribution in [-0.4, -0.2) is 36.8 Å². The summed E-state index contributed by atoms with van der Waals surface area (Å²) in [6.07, 6.45) is -1.25. The number of carbonyl (C=O) groups excluding carboxylic acids is 1. The topological polar surface area (TPSA) is 117 Å². The first-order chi connectivity index (χ1) is 14.9. The van der Waals surface area contributed by atoms with E-state index in [1.807, 2.05) is 0 Å². The number of rotatable bonds is 9. The molecule has 0 aliphatic heterocycles. The summed E-state index contributed by atoms with van der Waals surface area (Å²) in [7, 11) is 3.01. The summed E-state index contributed by atoms with van der Waals surface area (Å²) in [6.45, 7) is -0.568. The van der Waals surface area contributed by atoms with Crippen LogP contribution >= 0.6 is 0 Å². The summed E-state index contributed by atoms with van der Waals surface area (Å²) >= 11 is 0. The van der Waals surface area contributed by atoms with Gasteiger partial charge in [-0.05, 0) is 36.4 Å². The van der Waals surface area contributed by atoms with Gasteiger partial charge in [-0.25, -0.2) is 13.8 Å². The number of hydrogen-bond donors (Lipinski definition) is 2. The van der Waals surface area contributed by atoms with Crippen molar-refractivity contribution in [3.63, 3.8) is 0 Å². The molecule has 0 bridgehead atoms. The maximum absolute atomic E-state index is 14.5. The summed E-state index contributed by atoms with van der Waals surface area (Å²) in [5.74, 6) is -3.27. The molecule has 1 amide bonds. The molecule has 1 atom stereocenters. The van der Waals surface area contributed by atoms with Gasteiger partial charge in [0.2, 0.25) is 5.89 Å². The smallest absolute Gasteiger partial charge is 0.254 e. The Bertz CT molecular complexity index is 1070. The van der Waals surface area contributed by atoms with E-state index in [0.717, 1.165) is 12.1 Å². The molecule has 1 aromatic heterocycles. The number of ether oxygens (including phenoxy) is 3. The van der Waals surface area contributed by atoms with Crippen molar-refractivity contribution in [2.45, 2.75) is 12.7 Å². The van der Waals surface area contributed by atoms with Crippen molar-refractivity contribution in [1.29, 1.82) is 0 Å². The average Bonchev–Trinajstić information content (AvgIpc) is 3.17. The number of carbonyl (C=O) groups is 1. The lowest BCUT2D eigenvalue weighted by Crippen LogP contribution is -2.18. The van der Waals surface area contributed by atoms with Gasteiger partial charge >= 0.3 is 0 Å². The van der Waals surface area contributed by atoms with Gasteiger partial charge in [-0.15, -0.1) is 0 Å². The number of halogens is 2. The number of amides is 1. The third-order valence-electron chi connectivity index (χ3n) is 4.37. The molecule has 1 unspecified atom stereocenters. The van der Waals surface area contributed by atoms with E-state index in [4.69, 9.17) is 24.4 Å². The van der Waals surface area contributed by atoms with E-state index in [2.05, 4.69) is 4.98 Å². The number of aliphatic hydroxyl groups excluding tert-OH is 1. The minimum absolute atomic E-state index is 0.0651. The van der Waals surface area contributed by atoms with Gasteiger partial charge in [0.15, 0.2) is 23.4 Å². The van der Waals surface area contributed by atoms with Crippen LogP contribution in [0.15, 0.2) is 40.8 Å². The monoisotopic (exact) mass is 434 g/mol. The normalized spacial score (nSPS) is 11.9. The number of aliphatic hydroxyl groups is 1. The van der Waals surface area contributed by atoms with Crippen LogP contribution in [-0.2, 0) is 11.3 Å². The van der Waals surface area contributed by atoms with Gasteiger partial charge in [0.05, 0.1) is 13.7 Å². The molecule has 31 heavy (non-hydrogen) atoms. The molecule has 0 fully saturated rings. The van der Waals surface area contributed by atoms with Crippen molar-refractivity contribution in [3.05, 3.63) is 65.2 Å². The van der Waals surface area contributed by atoms with Crippen molar-refractivity contribution in [3.8, 4) is 22.8 Å². The fraction of sp³-hybridized carbons (Fsp3) is 0.238. The Morgan fingerprint density at radius 1 is 1.19 bits per heavy atom. The van der Waals surface area contributed by atoms with Gasteiger partial charge in [0.1, 0.15) is 29.4 Å². The Morgan fingerprint density at radius 3 is 2.48 bits per heavy atom. The average molecular weight is 434 g/mol. The molecule has 164 valence electrons. The van der Waals surface area contributed by atoms with Crippen molar-refractivity contribution in [2.24, 2.45) is 5.73 Å². The molecule has 0 spiro atoms. The molecular weight excluding hydrogens is 414 g/mol. The molecule has 0 aliphatic rings. The molecule has 0 saturated carbocycles. The van der Waals surface area contributed by atoms with Gasteiger partial charge in [-0.3, -0.25) is 4.79 Å². The lowest BCUT2D eigenvalue weighted by molar-refractivity contribution is 0.0841. The summed E-state index contributed by atoms with van der Waals surface area (Å²) in [5.41, 5.74) is 5.19. The molecule has 0 aliphatic carbocycles. The van der Waals surface area contributed by atoms with Gasteiger partial charge in [-0.2, -0.15) is 0 Å². The highest BCUT2D eigenvalue weighted by molar-refractivity contribution is 5.93. The van der Waals surface area contributed by atoms with Crippen LogP contribution in [0.5, 0.6) is 11.5 Å². The van der Waals surface area contributed by atoms with E-state index in [1.165, 1.54) is 7.11 Å². The third kappa shape index (κ3) is 4.65. The highest BCUT2D eigenvalue weighted by Gasteiger charge is 2.26. The Morgan fingerprint density at radius 2 is 1.90 bits per heavy atom. The maximum atomic E-state index is 14.5. The van der Waals surface area contributed by atoms with Gasteiger partial charge < -0.3 is 29.5 Å². The van der Waals surface area contributed by atoms with Crippen LogP contribution in [0.1, 0.15) is 28.1 Å². The largest absolute Gasteiger partial charge is 0.497 e. The summed E-state index contributed by atoms with van der Waals surface area (Å²) in [6, 6.07) is 8.80. The Labute approximate surface area is 176 Å². The van der Waals surface area contributed by atoms with Gasteiger partial charge in [0.25, 0.3) is 5.91 Å². The number of methoxy groups -OCH3 is 2. The summed E-state index contributed by atoms with van der Waals surface area (Å²) in [4.78, 5) is 15.7. The SMILES string of the molecule is COCc1oc(C(CO)Oc2ccc(F)c(C(N)=O)c2F)nc1-c1ccc(OC)cc1. The highest BCUT2D eigenvalue weighted by Crippen LogP contribution is 2.32. The Balaban J connectivity index is 1.97. The molecular formula is C21H20F2N2O6. The number of aromatic nitrogens is 1. The minimum atomic E-state index is -1.29. The van der Waals surface area contributed by atoms with Crippen molar-refractivity contribution >= 4 is 5.91 Å². The second-order valence-corrected chi connectivity index (χ2v) is 6.37. The Hall–Kier alpha value is -3.50. The number of oxazole rings is 1. The summed E-state index contributed by atoms with van der Waals surface area (Å²) < 4.78 is 49.6. The van der Waals surface area contributed by atoms with E-state index < -0.39 is 41.6 Å². The number of hydrogen-bond acceptors (Lipinski definition) is 7. The lowest BCUT2D eigenvalue weighted by atomic mass is 10.1. The van der Waals surface area contributed by atoms with Crippen LogP contribution in [0, 0.1) is 11.6 Å². The van der Waals surface area contributed by atoms with E-state index in [9.17, 15) is 18.7 Å². The minimum Gasteiger partial charge on any atom is -0.497 e. The first-order valence-electron chi connectivity index (χ1n) is 9.07. The molecule has 3 rings (SSSR count). The second kappa shape index (κ2) is 9.54. The molecule has 3 aromatic rings. The fourth-order valence-corrected chi connectivity index (χ4v) is 2.88. The zero-order valence-electron chi connectivity index (χ0n) is 16.7. The molecule has 1 heterocycles. The predicted molar refractivity (Wildman–Crippen MR) is 105 cm³/mol. The molecule has 3 N–H and O–H groups in total. The van der Waals surface area contributed by atoms with Crippen LogP contribution in [0.3, 0.4) is 0 Å². The standard InChI is InChI=1S/C21H20F2N2O6/c1-28-10-16-19(11-3-5-12(29-2)6-4-11)25-21(31-16)15(9-26)30-14-8-7-13(22)17(18(14)23)20(24)27/h3-8,15,26H,9-10H2,1-2H3,(H2,24,27). The molecule has 10 heteroatoms. The molecule has 0 saturated heterocycles. The number of primary amides is 1. The zero-order chi connectivity index (χ0) is 22.5. The first kappa shape index (κ1) is 22.2. The Kier molecular flexibility index (Phi) is 6.83. The number of nitrogens with zero attached hydrogens (tertiary/aromatic N) is 1. The van der Waals surface area contributed by atoms with Crippen molar-refractivity contribution in [2.75, 3.05) is 20.8 Å². The zero-order valence-corrected chi connectivity index (χ0v) is 16.7. The molecule has 8 nitrogen and oxygen atoms in total. The van der Waals surface area contributed by atoms with Crippen LogP contribution in [0.4, 0.5) is 8.78 Å². The first-order valence-corrected chi connectivity index (χ1v) is 9.07. The van der Waals surface area contributed by atoms with Crippen molar-refractivity contribution in [1.82, 2.24) is 4.98 Å². The van der Waals surface area contributed by atoms with E-state index in [1.54, 1.807) is 31.4 Å². The molecule has 2 aromatic carbocycles. The highest BCUT2D eigenvalue weighted by atomic mass is 19.1. The summed E-state index contributed by atoms with van der Waals surface area (Å²) in [5, 5.41) is 9.77. The quantitative estimate of drug-likeness (QED) is 0.532. The fourth-order valence-electron chi connectivity index (χ4n) is 2.88. The second-order valence-electron chi connectivity index (χ2n) is 6.37. The lowest BCUT2D eigenvalue weighted by Gasteiger charge is -2.15. The van der Waals surface area contributed by atoms with E-state index >= 15 is 0 Å². The number of nitrogens with two attached hydrogens (primary N) is 1.